The molecule has 1 aromatic rings. The van der Waals surface area contributed by atoms with Gasteiger partial charge < -0.3 is 15.1 Å². The molecule has 21 heavy (non-hydrogen) atoms. The molecule has 1 N–H and O–H groups in total. The Hall–Kier alpha value is -1.69. The average Bonchev–Trinajstić information content (AvgIpc) is 2.46. The second-order valence-corrected chi connectivity index (χ2v) is 5.99. The number of piperidine rings is 1. The number of amides is 1. The van der Waals surface area contributed by atoms with Crippen LogP contribution >= 0.6 is 0 Å². The third kappa shape index (κ3) is 4.67. The second kappa shape index (κ2) is 7.36. The van der Waals surface area contributed by atoms with E-state index in [1.165, 1.54) is 6.42 Å². The maximum atomic E-state index is 12.5. The highest BCUT2D eigenvalue weighted by atomic mass is 16.2. The number of hydrogen-bond donors (Lipinski definition) is 1. The molecule has 116 valence electrons. The van der Waals surface area contributed by atoms with E-state index in [4.69, 9.17) is 0 Å². The van der Waals surface area contributed by atoms with Crippen LogP contribution in [0.3, 0.4) is 0 Å². The Kier molecular flexibility index (Phi) is 5.50. The van der Waals surface area contributed by atoms with Crippen molar-refractivity contribution >= 4 is 11.9 Å². The third-order valence-electron chi connectivity index (χ3n) is 3.66. The minimum absolute atomic E-state index is 0.0135. The van der Waals surface area contributed by atoms with Gasteiger partial charge in [-0.25, -0.2) is 9.97 Å². The van der Waals surface area contributed by atoms with E-state index in [1.54, 1.807) is 12.3 Å². The van der Waals surface area contributed by atoms with E-state index in [9.17, 15) is 4.79 Å². The molecule has 0 aromatic carbocycles. The Morgan fingerprint density at radius 3 is 3.05 bits per heavy atom. The first-order valence-electron chi connectivity index (χ1n) is 7.57. The lowest BCUT2D eigenvalue weighted by Crippen LogP contribution is -2.39. The van der Waals surface area contributed by atoms with Gasteiger partial charge in [-0.2, -0.15) is 0 Å². The van der Waals surface area contributed by atoms with E-state index < -0.39 is 0 Å². The summed E-state index contributed by atoms with van der Waals surface area (Å²) in [6.07, 6.45) is 3.92. The van der Waals surface area contributed by atoms with Crippen molar-refractivity contribution in [1.29, 1.82) is 0 Å². The van der Waals surface area contributed by atoms with E-state index in [2.05, 4.69) is 27.1 Å². The lowest BCUT2D eigenvalue weighted by Gasteiger charge is -2.30. The molecular weight excluding hydrogens is 266 g/mol. The van der Waals surface area contributed by atoms with Crippen molar-refractivity contribution in [2.75, 3.05) is 45.6 Å². The van der Waals surface area contributed by atoms with Gasteiger partial charge in [0, 0.05) is 32.4 Å². The van der Waals surface area contributed by atoms with Crippen molar-refractivity contribution in [2.45, 2.75) is 19.8 Å². The van der Waals surface area contributed by atoms with Crippen LogP contribution in [0.1, 0.15) is 30.3 Å². The van der Waals surface area contributed by atoms with Crippen molar-refractivity contribution in [3.8, 4) is 0 Å². The van der Waals surface area contributed by atoms with Crippen LogP contribution < -0.4 is 5.32 Å². The quantitative estimate of drug-likeness (QED) is 0.886. The van der Waals surface area contributed by atoms with Crippen LogP contribution in [0, 0.1) is 5.92 Å². The second-order valence-electron chi connectivity index (χ2n) is 5.99. The maximum Gasteiger partial charge on any atom is 0.272 e. The number of hydrogen-bond acceptors (Lipinski definition) is 5. The summed E-state index contributed by atoms with van der Waals surface area (Å²) < 4.78 is 0. The summed E-state index contributed by atoms with van der Waals surface area (Å²) >= 11 is 0. The van der Waals surface area contributed by atoms with Crippen LogP contribution in [-0.2, 0) is 0 Å². The number of anilines is 1. The van der Waals surface area contributed by atoms with Crippen LogP contribution in [0.5, 0.6) is 0 Å². The zero-order chi connectivity index (χ0) is 15.2. The molecule has 1 saturated heterocycles. The van der Waals surface area contributed by atoms with Crippen LogP contribution in [0.2, 0.25) is 0 Å². The van der Waals surface area contributed by atoms with Gasteiger partial charge in [0.1, 0.15) is 5.69 Å². The van der Waals surface area contributed by atoms with Crippen molar-refractivity contribution in [3.05, 3.63) is 18.0 Å². The van der Waals surface area contributed by atoms with Crippen molar-refractivity contribution in [2.24, 2.45) is 5.92 Å². The van der Waals surface area contributed by atoms with E-state index >= 15 is 0 Å². The zero-order valence-electron chi connectivity index (χ0n) is 13.2. The average molecular weight is 291 g/mol. The van der Waals surface area contributed by atoms with Gasteiger partial charge in [0.15, 0.2) is 0 Å². The molecule has 1 aliphatic rings. The summed E-state index contributed by atoms with van der Waals surface area (Å²) in [5.41, 5.74) is 0.478. The van der Waals surface area contributed by atoms with Gasteiger partial charge in [0.25, 0.3) is 5.91 Å². The van der Waals surface area contributed by atoms with Gasteiger partial charge in [-0.1, -0.05) is 6.92 Å². The van der Waals surface area contributed by atoms with Gasteiger partial charge in [-0.15, -0.1) is 0 Å². The normalized spacial score (nSPS) is 18.9. The lowest BCUT2D eigenvalue weighted by atomic mass is 10.00. The molecule has 2 rings (SSSR count). The summed E-state index contributed by atoms with van der Waals surface area (Å²) in [7, 11) is 4.03. The Labute approximate surface area is 126 Å². The Bertz CT molecular complexity index is 477. The van der Waals surface area contributed by atoms with Gasteiger partial charge in [-0.05, 0) is 38.9 Å². The van der Waals surface area contributed by atoms with Gasteiger partial charge >= 0.3 is 0 Å². The first-order valence-corrected chi connectivity index (χ1v) is 7.57. The van der Waals surface area contributed by atoms with Crippen LogP contribution in [0.15, 0.2) is 12.3 Å². The molecule has 0 aliphatic carbocycles. The molecule has 1 amide bonds. The summed E-state index contributed by atoms with van der Waals surface area (Å²) in [6, 6.07) is 1.69. The smallest absolute Gasteiger partial charge is 0.272 e. The van der Waals surface area contributed by atoms with E-state index in [0.717, 1.165) is 32.6 Å². The molecule has 0 spiro atoms. The highest BCUT2D eigenvalue weighted by molar-refractivity contribution is 5.92. The Morgan fingerprint density at radius 1 is 1.52 bits per heavy atom. The SMILES string of the molecule is CC1CCCN(C(=O)c2ccnc(NCCN(C)C)n2)C1. The fourth-order valence-electron chi connectivity index (χ4n) is 2.49. The number of aromatic nitrogens is 2. The monoisotopic (exact) mass is 291 g/mol. The van der Waals surface area contributed by atoms with E-state index in [0.29, 0.717) is 17.6 Å². The molecule has 1 aliphatic heterocycles. The van der Waals surface area contributed by atoms with Crippen molar-refractivity contribution in [1.82, 2.24) is 19.8 Å². The molecule has 0 saturated carbocycles. The molecule has 2 heterocycles. The fourth-order valence-corrected chi connectivity index (χ4v) is 2.49. The molecule has 1 atom stereocenters. The number of rotatable bonds is 5. The van der Waals surface area contributed by atoms with Gasteiger partial charge in [0.2, 0.25) is 5.95 Å². The standard InChI is InChI=1S/C15H25N5O/c1-12-5-4-9-20(11-12)14(21)13-6-7-16-15(18-13)17-8-10-19(2)3/h6-7,12H,4-5,8-11H2,1-3H3,(H,16,17,18). The number of likely N-dealkylation sites (tertiary alicyclic amines) is 1. The highest BCUT2D eigenvalue weighted by Gasteiger charge is 2.23. The zero-order valence-corrected chi connectivity index (χ0v) is 13.2. The van der Waals surface area contributed by atoms with Gasteiger partial charge in [0.05, 0.1) is 0 Å². The van der Waals surface area contributed by atoms with Crippen molar-refractivity contribution in [3.63, 3.8) is 0 Å². The molecule has 1 fully saturated rings. The molecule has 6 heteroatoms. The highest BCUT2D eigenvalue weighted by Crippen LogP contribution is 2.17. The predicted octanol–water partition coefficient (Wildman–Crippen LogP) is 1.32. The molecular formula is C15H25N5O. The summed E-state index contributed by atoms with van der Waals surface area (Å²) in [5, 5.41) is 3.15. The van der Waals surface area contributed by atoms with E-state index in [-0.39, 0.29) is 5.91 Å². The molecule has 1 aromatic heterocycles. The number of nitrogens with zero attached hydrogens (tertiary/aromatic N) is 4. The summed E-state index contributed by atoms with van der Waals surface area (Å²) in [4.78, 5) is 25.0. The van der Waals surface area contributed by atoms with E-state index in [1.807, 2.05) is 19.0 Å². The minimum atomic E-state index is 0.0135. The van der Waals surface area contributed by atoms with Crippen LogP contribution in [0.25, 0.3) is 0 Å². The number of carbonyl (C=O) groups excluding carboxylic acids is 1. The summed E-state index contributed by atoms with van der Waals surface area (Å²) in [5.74, 6) is 1.11. The lowest BCUT2D eigenvalue weighted by molar-refractivity contribution is 0.0677. The Morgan fingerprint density at radius 2 is 2.33 bits per heavy atom. The van der Waals surface area contributed by atoms with Crippen LogP contribution in [0.4, 0.5) is 5.95 Å². The summed E-state index contributed by atoms with van der Waals surface area (Å²) in [6.45, 7) is 5.49. The van der Waals surface area contributed by atoms with Crippen molar-refractivity contribution < 1.29 is 4.79 Å². The van der Waals surface area contributed by atoms with Crippen LogP contribution in [-0.4, -0.2) is 65.9 Å². The topological polar surface area (TPSA) is 61.4 Å². The first-order chi connectivity index (χ1) is 10.1. The number of carbonyl (C=O) groups is 1. The third-order valence-corrected chi connectivity index (χ3v) is 3.66. The maximum absolute atomic E-state index is 12.5. The van der Waals surface area contributed by atoms with Gasteiger partial charge in [-0.3, -0.25) is 4.79 Å². The molecule has 0 bridgehead atoms. The molecule has 0 radical (unpaired) electrons. The Balaban J connectivity index is 1.97. The number of likely N-dealkylation sites (N-methyl/N-ethyl adjacent to an activating group) is 1. The number of nitrogens with one attached hydrogen (secondary N) is 1. The fraction of sp³-hybridized carbons (Fsp3) is 0.667. The molecule has 1 unspecified atom stereocenters. The first kappa shape index (κ1) is 15.7. The predicted molar refractivity (Wildman–Crippen MR) is 83.4 cm³/mol. The minimum Gasteiger partial charge on any atom is -0.353 e. The largest absolute Gasteiger partial charge is 0.353 e. The molecule has 6 nitrogen and oxygen atoms in total.